The molecule has 0 aliphatic carbocycles. The van der Waals surface area contributed by atoms with Crippen molar-refractivity contribution in [3.63, 3.8) is 0 Å². The molecule has 2 aromatic carbocycles. The molecular formula is C23H27N3O4. The first kappa shape index (κ1) is 21.4. The minimum Gasteiger partial charge on any atom is -0.494 e. The first-order valence-electron chi connectivity index (χ1n) is 10.3. The molecule has 1 amide bonds. The van der Waals surface area contributed by atoms with Gasteiger partial charge < -0.3 is 10.1 Å². The molecule has 0 fully saturated rings. The van der Waals surface area contributed by atoms with E-state index in [1.165, 1.54) is 4.57 Å². The van der Waals surface area contributed by atoms with Gasteiger partial charge in [0.2, 0.25) is 5.91 Å². The van der Waals surface area contributed by atoms with E-state index in [2.05, 4.69) is 12.2 Å². The molecule has 0 saturated heterocycles. The van der Waals surface area contributed by atoms with Crippen LogP contribution in [0.2, 0.25) is 0 Å². The third-order valence-electron chi connectivity index (χ3n) is 4.90. The molecule has 1 heterocycles. The van der Waals surface area contributed by atoms with Gasteiger partial charge in [-0.2, -0.15) is 0 Å². The van der Waals surface area contributed by atoms with Gasteiger partial charge in [-0.1, -0.05) is 37.6 Å². The number of para-hydroxylation sites is 1. The van der Waals surface area contributed by atoms with Gasteiger partial charge in [0.1, 0.15) is 12.3 Å². The second-order valence-electron chi connectivity index (χ2n) is 7.06. The van der Waals surface area contributed by atoms with E-state index in [0.717, 1.165) is 28.7 Å². The number of rotatable bonds is 9. The Bertz CT molecular complexity index is 1150. The average molecular weight is 409 g/mol. The molecule has 1 aromatic heterocycles. The van der Waals surface area contributed by atoms with Crippen molar-refractivity contribution in [1.82, 2.24) is 14.5 Å². The highest BCUT2D eigenvalue weighted by Gasteiger charge is 2.14. The Morgan fingerprint density at radius 2 is 1.83 bits per heavy atom. The minimum absolute atomic E-state index is 0.160. The molecule has 0 saturated carbocycles. The van der Waals surface area contributed by atoms with Gasteiger partial charge in [0, 0.05) is 13.1 Å². The molecule has 0 aliphatic rings. The van der Waals surface area contributed by atoms with Crippen LogP contribution in [0.3, 0.4) is 0 Å². The number of fused-ring (bicyclic) bond motifs is 1. The van der Waals surface area contributed by atoms with E-state index in [1.54, 1.807) is 31.2 Å². The highest BCUT2D eigenvalue weighted by atomic mass is 16.5. The molecule has 3 aromatic rings. The molecule has 0 unspecified atom stereocenters. The van der Waals surface area contributed by atoms with E-state index >= 15 is 0 Å². The molecule has 0 aliphatic heterocycles. The first-order chi connectivity index (χ1) is 14.5. The Kier molecular flexibility index (Phi) is 7.06. The number of hydrogen-bond donors (Lipinski definition) is 1. The van der Waals surface area contributed by atoms with Gasteiger partial charge in [0.25, 0.3) is 5.56 Å². The Labute approximate surface area is 174 Å². The summed E-state index contributed by atoms with van der Waals surface area (Å²) < 4.78 is 8.19. The van der Waals surface area contributed by atoms with Crippen LogP contribution in [0.1, 0.15) is 32.3 Å². The lowest BCUT2D eigenvalue weighted by atomic mass is 10.2. The SMILES string of the molecule is CCCCOc1cccc(CNC(=O)Cn2c(=O)n(CC)c(=O)c3ccccc32)c1. The number of ether oxygens (including phenoxy) is 1. The van der Waals surface area contributed by atoms with E-state index in [0.29, 0.717) is 24.1 Å². The van der Waals surface area contributed by atoms with Gasteiger partial charge in [0.15, 0.2) is 0 Å². The van der Waals surface area contributed by atoms with E-state index < -0.39 is 5.69 Å². The van der Waals surface area contributed by atoms with Crippen molar-refractivity contribution in [2.75, 3.05) is 6.61 Å². The second kappa shape index (κ2) is 9.91. The maximum absolute atomic E-state index is 12.7. The van der Waals surface area contributed by atoms with Crippen molar-refractivity contribution < 1.29 is 9.53 Å². The largest absolute Gasteiger partial charge is 0.494 e. The normalized spacial score (nSPS) is 10.9. The lowest BCUT2D eigenvalue weighted by molar-refractivity contribution is -0.121. The average Bonchev–Trinajstić information content (AvgIpc) is 2.76. The Morgan fingerprint density at radius 1 is 1.03 bits per heavy atom. The molecule has 7 nitrogen and oxygen atoms in total. The van der Waals surface area contributed by atoms with Crippen molar-refractivity contribution >= 4 is 16.8 Å². The van der Waals surface area contributed by atoms with Gasteiger partial charge in [-0.3, -0.25) is 18.7 Å². The molecule has 1 N–H and O–H groups in total. The summed E-state index contributed by atoms with van der Waals surface area (Å²) in [5.74, 6) is 0.466. The lowest BCUT2D eigenvalue weighted by Crippen LogP contribution is -2.42. The Balaban J connectivity index is 1.75. The smallest absolute Gasteiger partial charge is 0.331 e. The predicted molar refractivity (Wildman–Crippen MR) is 117 cm³/mol. The molecule has 0 radical (unpaired) electrons. The summed E-state index contributed by atoms with van der Waals surface area (Å²) in [4.78, 5) is 37.8. The van der Waals surface area contributed by atoms with Crippen LogP contribution in [0, 0.1) is 0 Å². The molecule has 0 spiro atoms. The molecule has 3 rings (SSSR count). The zero-order valence-electron chi connectivity index (χ0n) is 17.4. The highest BCUT2D eigenvalue weighted by Crippen LogP contribution is 2.14. The summed E-state index contributed by atoms with van der Waals surface area (Å²) in [6, 6.07) is 14.4. The molecule has 30 heavy (non-hydrogen) atoms. The Hall–Kier alpha value is -3.35. The van der Waals surface area contributed by atoms with Gasteiger partial charge in [0.05, 0.1) is 17.5 Å². The number of carbonyl (C=O) groups excluding carboxylic acids is 1. The van der Waals surface area contributed by atoms with Gasteiger partial charge in [-0.25, -0.2) is 4.79 Å². The van der Waals surface area contributed by atoms with Crippen molar-refractivity contribution in [2.45, 2.75) is 46.3 Å². The maximum Gasteiger partial charge on any atom is 0.331 e. The van der Waals surface area contributed by atoms with Crippen LogP contribution in [0.5, 0.6) is 5.75 Å². The number of unbranched alkanes of at least 4 members (excludes halogenated alkanes) is 1. The quantitative estimate of drug-likeness (QED) is 0.551. The van der Waals surface area contributed by atoms with E-state index in [9.17, 15) is 14.4 Å². The summed E-state index contributed by atoms with van der Waals surface area (Å²) in [6.45, 7) is 4.91. The first-order valence-corrected chi connectivity index (χ1v) is 10.3. The zero-order chi connectivity index (χ0) is 21.5. The van der Waals surface area contributed by atoms with Crippen LogP contribution in [0.4, 0.5) is 0 Å². The second-order valence-corrected chi connectivity index (χ2v) is 7.06. The molecule has 158 valence electrons. The minimum atomic E-state index is -0.484. The number of carbonyl (C=O) groups is 1. The summed E-state index contributed by atoms with van der Waals surface area (Å²) in [7, 11) is 0. The van der Waals surface area contributed by atoms with Gasteiger partial charge >= 0.3 is 5.69 Å². The van der Waals surface area contributed by atoms with Crippen LogP contribution in [-0.2, 0) is 24.4 Å². The predicted octanol–water partition coefficient (Wildman–Crippen LogP) is 2.68. The lowest BCUT2D eigenvalue weighted by Gasteiger charge is -2.13. The highest BCUT2D eigenvalue weighted by molar-refractivity contribution is 5.81. The van der Waals surface area contributed by atoms with Crippen LogP contribution < -0.4 is 21.3 Å². The maximum atomic E-state index is 12.7. The number of hydrogen-bond acceptors (Lipinski definition) is 4. The van der Waals surface area contributed by atoms with E-state index in [4.69, 9.17) is 4.74 Å². The summed E-state index contributed by atoms with van der Waals surface area (Å²) in [6.07, 6.45) is 2.05. The Morgan fingerprint density at radius 3 is 2.60 bits per heavy atom. The van der Waals surface area contributed by atoms with Crippen LogP contribution in [0.15, 0.2) is 58.1 Å². The standard InChI is InChI=1S/C23H27N3O4/c1-3-5-13-30-18-10-8-9-17(14-18)15-24-21(27)16-26-20-12-7-6-11-19(20)22(28)25(4-2)23(26)29/h6-12,14H,3-5,13,15-16H2,1-2H3,(H,24,27). The fraction of sp³-hybridized carbons (Fsp3) is 0.348. The molecule has 0 atom stereocenters. The van der Waals surface area contributed by atoms with Crippen molar-refractivity contribution in [3.8, 4) is 5.75 Å². The number of aromatic nitrogens is 2. The van der Waals surface area contributed by atoms with E-state index in [-0.39, 0.29) is 24.6 Å². The van der Waals surface area contributed by atoms with Crippen molar-refractivity contribution in [2.24, 2.45) is 0 Å². The van der Waals surface area contributed by atoms with Gasteiger partial charge in [-0.05, 0) is 43.2 Å². The zero-order valence-corrected chi connectivity index (χ0v) is 17.4. The summed E-state index contributed by atoms with van der Waals surface area (Å²) >= 11 is 0. The summed E-state index contributed by atoms with van der Waals surface area (Å²) in [5.41, 5.74) is 0.545. The van der Waals surface area contributed by atoms with E-state index in [1.807, 2.05) is 24.3 Å². The molecule has 0 bridgehead atoms. The monoisotopic (exact) mass is 409 g/mol. The van der Waals surface area contributed by atoms with Crippen molar-refractivity contribution in [3.05, 3.63) is 74.9 Å². The topological polar surface area (TPSA) is 82.3 Å². The van der Waals surface area contributed by atoms with Crippen LogP contribution in [0.25, 0.3) is 10.9 Å². The van der Waals surface area contributed by atoms with Crippen LogP contribution in [-0.4, -0.2) is 21.6 Å². The van der Waals surface area contributed by atoms with Gasteiger partial charge in [-0.15, -0.1) is 0 Å². The molecular weight excluding hydrogens is 382 g/mol. The number of benzene rings is 2. The summed E-state index contributed by atoms with van der Waals surface area (Å²) in [5, 5.41) is 3.26. The van der Waals surface area contributed by atoms with Crippen LogP contribution >= 0.6 is 0 Å². The number of amides is 1. The fourth-order valence-corrected chi connectivity index (χ4v) is 3.28. The fourth-order valence-electron chi connectivity index (χ4n) is 3.28. The third kappa shape index (κ3) is 4.79. The third-order valence-corrected chi connectivity index (χ3v) is 4.90. The number of nitrogens with zero attached hydrogens (tertiary/aromatic N) is 2. The molecule has 7 heteroatoms. The van der Waals surface area contributed by atoms with Crippen molar-refractivity contribution in [1.29, 1.82) is 0 Å². The number of nitrogens with one attached hydrogen (secondary N) is 1.